The van der Waals surface area contributed by atoms with Crippen LogP contribution in [0.15, 0.2) is 54.9 Å². The number of Topliss-reactive ketones (excluding diaryl/α,β-unsaturated/α-hetero) is 1. The fourth-order valence-electron chi connectivity index (χ4n) is 4.57. The minimum atomic E-state index is 0.119. The number of nitrogens with zero attached hydrogens (tertiary/aromatic N) is 3. The van der Waals surface area contributed by atoms with E-state index in [9.17, 15) is 4.79 Å². The Morgan fingerprint density at radius 3 is 2.46 bits per heavy atom. The number of aryl methyl sites for hydroxylation is 2. The van der Waals surface area contributed by atoms with Crippen LogP contribution < -0.4 is 20.3 Å². The summed E-state index contributed by atoms with van der Waals surface area (Å²) in [7, 11) is 1.62. The van der Waals surface area contributed by atoms with E-state index in [2.05, 4.69) is 57.5 Å². The lowest BCUT2D eigenvalue weighted by atomic mass is 10.0. The summed E-state index contributed by atoms with van der Waals surface area (Å²) >= 11 is 0. The molecular formula is C28H35N5O2. The Bertz CT molecular complexity index is 1140. The molecule has 1 aliphatic heterocycles. The highest BCUT2D eigenvalue weighted by Crippen LogP contribution is 2.24. The lowest BCUT2D eigenvalue weighted by molar-refractivity contribution is 0.0987. The second kappa shape index (κ2) is 11.3. The number of ether oxygens (including phenoxy) is 1. The van der Waals surface area contributed by atoms with Crippen LogP contribution in [-0.4, -0.2) is 48.0 Å². The Balaban J connectivity index is 1.38. The van der Waals surface area contributed by atoms with E-state index in [4.69, 9.17) is 4.74 Å². The fraction of sp³-hybridized carbons (Fsp3) is 0.393. The zero-order valence-electron chi connectivity index (χ0n) is 21.0. The number of carbonyl (C=O) groups is 1. The maximum absolute atomic E-state index is 12.1. The number of piperazine rings is 1. The number of methoxy groups -OCH3 is 1. The van der Waals surface area contributed by atoms with Gasteiger partial charge in [-0.2, -0.15) is 0 Å². The minimum Gasteiger partial charge on any atom is -0.497 e. The minimum absolute atomic E-state index is 0.119. The van der Waals surface area contributed by atoms with Gasteiger partial charge in [-0.3, -0.25) is 4.79 Å². The molecule has 7 nitrogen and oxygen atoms in total. The molecule has 1 aliphatic rings. The van der Waals surface area contributed by atoms with Gasteiger partial charge in [-0.05, 0) is 74.2 Å². The largest absolute Gasteiger partial charge is 0.497 e. The Morgan fingerprint density at radius 1 is 1.06 bits per heavy atom. The van der Waals surface area contributed by atoms with E-state index in [0.29, 0.717) is 35.8 Å². The molecule has 4 rings (SSSR count). The molecule has 0 spiro atoms. The summed E-state index contributed by atoms with van der Waals surface area (Å²) in [5.74, 6) is 1.40. The van der Waals surface area contributed by atoms with Crippen LogP contribution in [0, 0.1) is 0 Å². The number of aromatic nitrogens is 2. The highest BCUT2D eigenvalue weighted by Gasteiger charge is 2.21. The lowest BCUT2D eigenvalue weighted by Gasteiger charge is -2.37. The van der Waals surface area contributed by atoms with Gasteiger partial charge >= 0.3 is 0 Å². The van der Waals surface area contributed by atoms with E-state index >= 15 is 0 Å². The van der Waals surface area contributed by atoms with E-state index in [1.807, 2.05) is 37.5 Å². The van der Waals surface area contributed by atoms with Crippen molar-refractivity contribution in [1.29, 1.82) is 0 Å². The molecule has 0 bridgehead atoms. The topological polar surface area (TPSA) is 79.4 Å². The van der Waals surface area contributed by atoms with Gasteiger partial charge in [0.2, 0.25) is 5.95 Å². The lowest BCUT2D eigenvalue weighted by Crippen LogP contribution is -2.54. The zero-order chi connectivity index (χ0) is 24.8. The molecule has 1 saturated heterocycles. The van der Waals surface area contributed by atoms with E-state index in [1.165, 1.54) is 5.69 Å². The first kappa shape index (κ1) is 24.7. The number of anilines is 3. The van der Waals surface area contributed by atoms with Gasteiger partial charge in [0.25, 0.3) is 0 Å². The van der Waals surface area contributed by atoms with E-state index < -0.39 is 0 Å². The third-order valence-electron chi connectivity index (χ3n) is 6.28. The van der Waals surface area contributed by atoms with Crippen molar-refractivity contribution < 1.29 is 9.53 Å². The van der Waals surface area contributed by atoms with Crippen molar-refractivity contribution in [3.8, 4) is 5.75 Å². The third kappa shape index (κ3) is 6.57. The predicted molar refractivity (Wildman–Crippen MR) is 141 cm³/mol. The van der Waals surface area contributed by atoms with Gasteiger partial charge in [0.05, 0.1) is 7.11 Å². The second-order valence-electron chi connectivity index (χ2n) is 9.31. The van der Waals surface area contributed by atoms with Crippen LogP contribution >= 0.6 is 0 Å². The second-order valence-corrected chi connectivity index (χ2v) is 9.31. The summed E-state index contributed by atoms with van der Waals surface area (Å²) < 4.78 is 5.38. The number of hydrogen-bond acceptors (Lipinski definition) is 7. The predicted octanol–water partition coefficient (Wildman–Crippen LogP) is 4.79. The molecule has 0 saturated carbocycles. The van der Waals surface area contributed by atoms with Crippen molar-refractivity contribution in [2.45, 2.75) is 52.1 Å². The van der Waals surface area contributed by atoms with Gasteiger partial charge in [0.15, 0.2) is 5.78 Å². The van der Waals surface area contributed by atoms with Crippen molar-refractivity contribution in [2.75, 3.05) is 30.4 Å². The van der Waals surface area contributed by atoms with Crippen molar-refractivity contribution in [1.82, 2.24) is 15.3 Å². The Morgan fingerprint density at radius 2 is 1.77 bits per heavy atom. The van der Waals surface area contributed by atoms with Crippen molar-refractivity contribution >= 4 is 23.1 Å². The maximum Gasteiger partial charge on any atom is 0.227 e. The fourth-order valence-corrected chi connectivity index (χ4v) is 4.57. The number of rotatable bonds is 9. The summed E-state index contributed by atoms with van der Waals surface area (Å²) in [6, 6.07) is 15.1. The van der Waals surface area contributed by atoms with Crippen LogP contribution in [0.2, 0.25) is 0 Å². The molecule has 1 fully saturated rings. The number of hydrogen-bond donors (Lipinski definition) is 2. The van der Waals surface area contributed by atoms with Gasteiger partial charge in [0.1, 0.15) is 5.75 Å². The summed E-state index contributed by atoms with van der Waals surface area (Å²) in [4.78, 5) is 23.6. The van der Waals surface area contributed by atoms with Gasteiger partial charge in [0, 0.05) is 60.9 Å². The van der Waals surface area contributed by atoms with Crippen LogP contribution in [0.4, 0.5) is 17.3 Å². The summed E-state index contributed by atoms with van der Waals surface area (Å²) in [6.45, 7) is 8.29. The standard InChI is InChI=1S/C28H35N5O2/c1-5-27(34)23-11-21(12-26(13-23)35-4)9-10-22-15-29-28(30-16-22)32-24-7-6-8-25(14-24)33-17-19(2)31-20(3)18-33/h6-8,11-16,19-20,31H,5,9-10,17-18H2,1-4H3,(H,29,30,32)/t19-,20+. The molecule has 0 radical (unpaired) electrons. The molecule has 2 atom stereocenters. The molecule has 0 unspecified atom stereocenters. The highest BCUT2D eigenvalue weighted by atomic mass is 16.5. The average Bonchev–Trinajstić information content (AvgIpc) is 2.87. The summed E-state index contributed by atoms with van der Waals surface area (Å²) in [5, 5.41) is 6.91. The van der Waals surface area contributed by atoms with Crippen LogP contribution in [0.1, 0.15) is 48.7 Å². The first-order valence-electron chi connectivity index (χ1n) is 12.3. The zero-order valence-corrected chi connectivity index (χ0v) is 21.0. The van der Waals surface area contributed by atoms with Gasteiger partial charge in [-0.15, -0.1) is 0 Å². The Hall–Kier alpha value is -3.45. The quantitative estimate of drug-likeness (QED) is 0.433. The monoisotopic (exact) mass is 473 g/mol. The Kier molecular flexibility index (Phi) is 7.98. The molecule has 0 aliphatic carbocycles. The number of ketones is 1. The third-order valence-corrected chi connectivity index (χ3v) is 6.28. The molecule has 7 heteroatoms. The first-order valence-corrected chi connectivity index (χ1v) is 12.3. The summed E-state index contributed by atoms with van der Waals surface area (Å²) in [6.07, 6.45) is 5.75. The van der Waals surface area contributed by atoms with Crippen LogP contribution in [0.25, 0.3) is 0 Å². The van der Waals surface area contributed by atoms with E-state index in [0.717, 1.165) is 42.7 Å². The normalized spacial score (nSPS) is 17.8. The molecule has 184 valence electrons. The van der Waals surface area contributed by atoms with Crippen LogP contribution in [0.5, 0.6) is 5.75 Å². The van der Waals surface area contributed by atoms with E-state index in [-0.39, 0.29) is 5.78 Å². The number of carbonyl (C=O) groups excluding carboxylic acids is 1. The molecule has 0 amide bonds. The van der Waals surface area contributed by atoms with Gasteiger partial charge in [-0.25, -0.2) is 9.97 Å². The van der Waals surface area contributed by atoms with Crippen LogP contribution in [0.3, 0.4) is 0 Å². The number of benzene rings is 2. The van der Waals surface area contributed by atoms with Crippen LogP contribution in [-0.2, 0) is 12.8 Å². The van der Waals surface area contributed by atoms with Crippen molar-refractivity contribution in [2.24, 2.45) is 0 Å². The van der Waals surface area contributed by atoms with E-state index in [1.54, 1.807) is 13.2 Å². The highest BCUT2D eigenvalue weighted by molar-refractivity contribution is 5.96. The molecule has 2 aromatic carbocycles. The smallest absolute Gasteiger partial charge is 0.227 e. The van der Waals surface area contributed by atoms with Crippen molar-refractivity contribution in [3.63, 3.8) is 0 Å². The average molecular weight is 474 g/mol. The van der Waals surface area contributed by atoms with Gasteiger partial charge in [-0.1, -0.05) is 13.0 Å². The summed E-state index contributed by atoms with van der Waals surface area (Å²) in [5.41, 5.74) is 4.98. The maximum atomic E-state index is 12.1. The molecule has 35 heavy (non-hydrogen) atoms. The molecule has 3 aromatic rings. The Labute approximate surface area is 207 Å². The first-order chi connectivity index (χ1) is 16.9. The molecule has 2 N–H and O–H groups in total. The number of nitrogens with one attached hydrogen (secondary N) is 2. The molecule has 1 aromatic heterocycles. The van der Waals surface area contributed by atoms with Gasteiger partial charge < -0.3 is 20.3 Å². The molecule has 2 heterocycles. The SMILES string of the molecule is CCC(=O)c1cc(CCc2cnc(Nc3cccc(N4C[C@@H](C)N[C@@H](C)C4)c3)nc2)cc(OC)c1. The molecular weight excluding hydrogens is 438 g/mol. The van der Waals surface area contributed by atoms with Crippen molar-refractivity contribution in [3.05, 3.63) is 71.5 Å².